The van der Waals surface area contributed by atoms with Gasteiger partial charge in [0.2, 0.25) is 0 Å². The van der Waals surface area contributed by atoms with Gasteiger partial charge in [0.1, 0.15) is 0 Å². The van der Waals surface area contributed by atoms with Crippen LogP contribution in [-0.4, -0.2) is 21.5 Å². The molecule has 1 unspecified atom stereocenters. The zero-order chi connectivity index (χ0) is 23.0. The van der Waals surface area contributed by atoms with Gasteiger partial charge in [0.25, 0.3) is 0 Å². The first-order valence-corrected chi connectivity index (χ1v) is 9.76. The molecule has 0 saturated carbocycles. The Kier molecular flexibility index (Phi) is 5.72. The molecule has 4 nitrogen and oxygen atoms in total. The van der Waals surface area contributed by atoms with E-state index < -0.39 is 30.2 Å². The van der Waals surface area contributed by atoms with Crippen LogP contribution in [0.15, 0.2) is 59.5 Å². The summed E-state index contributed by atoms with van der Waals surface area (Å²) in [4.78, 5) is 12.4. The maximum absolute atomic E-state index is 14.2. The first-order valence-electron chi connectivity index (χ1n) is 9.76. The van der Waals surface area contributed by atoms with E-state index in [0.29, 0.717) is 27.6 Å². The van der Waals surface area contributed by atoms with E-state index in [-0.39, 0.29) is 5.43 Å². The minimum atomic E-state index is -4.91. The number of aromatic nitrogens is 1. The highest BCUT2D eigenvalue weighted by Gasteiger charge is 2.56. The fourth-order valence-corrected chi connectivity index (χ4v) is 3.98. The quantitative estimate of drug-likeness (QED) is 0.632. The molecular formula is C24H23F3N2O2. The number of para-hydroxylation sites is 1. The molecule has 3 aromatic rings. The molecule has 0 aliphatic rings. The molecule has 0 aliphatic carbocycles. The second kappa shape index (κ2) is 7.86. The molecule has 0 amide bonds. The summed E-state index contributed by atoms with van der Waals surface area (Å²) < 4.78 is 43.8. The van der Waals surface area contributed by atoms with Gasteiger partial charge in [-0.1, -0.05) is 38.1 Å². The molecule has 2 aromatic carbocycles. The number of benzene rings is 2. The van der Waals surface area contributed by atoms with Crippen molar-refractivity contribution in [2.45, 2.75) is 50.9 Å². The van der Waals surface area contributed by atoms with E-state index in [4.69, 9.17) is 5.26 Å². The molecule has 1 N–H and O–H groups in total. The summed E-state index contributed by atoms with van der Waals surface area (Å²) in [6.45, 7) is 4.04. The van der Waals surface area contributed by atoms with Crippen molar-refractivity contribution >= 4 is 10.9 Å². The average molecular weight is 428 g/mol. The maximum atomic E-state index is 14.2. The smallest absolute Gasteiger partial charge is 0.379 e. The van der Waals surface area contributed by atoms with Crippen LogP contribution in [0.2, 0.25) is 0 Å². The molecule has 7 heteroatoms. The Morgan fingerprint density at radius 2 is 1.68 bits per heavy atom. The summed E-state index contributed by atoms with van der Waals surface area (Å²) in [5.41, 5.74) is -2.72. The Hall–Kier alpha value is -3.11. The third-order valence-electron chi connectivity index (χ3n) is 5.66. The van der Waals surface area contributed by atoms with Crippen molar-refractivity contribution < 1.29 is 18.3 Å². The largest absolute Gasteiger partial charge is 0.418 e. The number of alkyl halides is 3. The van der Waals surface area contributed by atoms with E-state index in [1.54, 1.807) is 69.3 Å². The molecule has 31 heavy (non-hydrogen) atoms. The molecule has 1 atom stereocenters. The average Bonchev–Trinajstić information content (AvgIpc) is 2.70. The van der Waals surface area contributed by atoms with Crippen molar-refractivity contribution in [3.05, 3.63) is 81.6 Å². The van der Waals surface area contributed by atoms with E-state index in [1.807, 2.05) is 6.07 Å². The summed E-state index contributed by atoms with van der Waals surface area (Å²) >= 11 is 0. The number of hydrogen-bond donors (Lipinski definition) is 1. The second-order valence-electron chi connectivity index (χ2n) is 8.57. The van der Waals surface area contributed by atoms with Crippen molar-refractivity contribution in [3.8, 4) is 6.07 Å². The zero-order valence-corrected chi connectivity index (χ0v) is 17.5. The predicted molar refractivity (Wildman–Crippen MR) is 113 cm³/mol. The van der Waals surface area contributed by atoms with Gasteiger partial charge in [-0.2, -0.15) is 18.4 Å². The molecule has 0 fully saturated rings. The van der Waals surface area contributed by atoms with Crippen LogP contribution in [0.25, 0.3) is 10.9 Å². The lowest BCUT2D eigenvalue weighted by atomic mass is 9.74. The van der Waals surface area contributed by atoms with E-state index in [2.05, 4.69) is 0 Å². The van der Waals surface area contributed by atoms with Gasteiger partial charge in [-0.05, 0) is 48.6 Å². The van der Waals surface area contributed by atoms with E-state index in [0.717, 1.165) is 0 Å². The normalized spacial score (nSPS) is 14.3. The first-order chi connectivity index (χ1) is 14.4. The molecule has 0 bridgehead atoms. The molecule has 0 aliphatic heterocycles. The number of rotatable bonds is 5. The highest BCUT2D eigenvalue weighted by atomic mass is 19.4. The summed E-state index contributed by atoms with van der Waals surface area (Å²) in [6, 6.07) is 14.7. The van der Waals surface area contributed by atoms with Crippen LogP contribution in [0.4, 0.5) is 13.2 Å². The third kappa shape index (κ3) is 4.35. The Morgan fingerprint density at radius 3 is 2.26 bits per heavy atom. The number of nitrogens with zero attached hydrogens (tertiary/aromatic N) is 2. The Bertz CT molecular complexity index is 1200. The highest BCUT2D eigenvalue weighted by Crippen LogP contribution is 2.42. The molecule has 0 spiro atoms. The summed E-state index contributed by atoms with van der Waals surface area (Å²) in [5.74, 6) is 0. The van der Waals surface area contributed by atoms with Crippen LogP contribution in [0, 0.1) is 18.3 Å². The topological polar surface area (TPSA) is 66.0 Å². The number of fused-ring (bicyclic) bond motifs is 1. The number of halogens is 3. The van der Waals surface area contributed by atoms with Gasteiger partial charge >= 0.3 is 6.18 Å². The van der Waals surface area contributed by atoms with Crippen LogP contribution in [0.1, 0.15) is 37.0 Å². The van der Waals surface area contributed by atoms with Crippen molar-refractivity contribution in [1.82, 2.24) is 4.57 Å². The van der Waals surface area contributed by atoms with E-state index >= 15 is 0 Å². The maximum Gasteiger partial charge on any atom is 0.418 e. The lowest BCUT2D eigenvalue weighted by Crippen LogP contribution is -2.52. The highest BCUT2D eigenvalue weighted by molar-refractivity contribution is 5.79. The van der Waals surface area contributed by atoms with E-state index in [1.165, 1.54) is 10.8 Å². The van der Waals surface area contributed by atoms with Gasteiger partial charge in [-0.3, -0.25) is 4.79 Å². The number of pyridine rings is 1. The second-order valence-corrected chi connectivity index (χ2v) is 8.57. The molecule has 0 radical (unpaired) electrons. The predicted octanol–water partition coefficient (Wildman–Crippen LogP) is 4.84. The monoisotopic (exact) mass is 428 g/mol. The molecule has 162 valence electrons. The summed E-state index contributed by atoms with van der Waals surface area (Å²) in [5, 5.41) is 20.2. The lowest BCUT2D eigenvalue weighted by molar-refractivity contribution is -0.271. The lowest BCUT2D eigenvalue weighted by Gasteiger charge is -2.38. The fourth-order valence-electron chi connectivity index (χ4n) is 3.98. The number of aryl methyl sites for hydroxylation is 1. The van der Waals surface area contributed by atoms with Gasteiger partial charge < -0.3 is 9.67 Å². The van der Waals surface area contributed by atoms with Gasteiger partial charge in [-0.15, -0.1) is 0 Å². The Balaban J connectivity index is 2.06. The Morgan fingerprint density at radius 1 is 1.06 bits per heavy atom. The van der Waals surface area contributed by atoms with Crippen LogP contribution in [0.5, 0.6) is 0 Å². The number of hydrogen-bond acceptors (Lipinski definition) is 3. The standard InChI is InChI=1S/C24H23F3N2O2/c1-16-13-29(20-7-5-4-6-19(20)21(16)30)15-23(31,24(25,26)27)14-22(2,3)18-10-8-17(12-28)9-11-18/h4-11,13,31H,14-15H2,1-3H3. The minimum absolute atomic E-state index is 0.250. The molecule has 1 aromatic heterocycles. The number of nitriles is 1. The van der Waals surface area contributed by atoms with Crippen molar-refractivity contribution in [3.63, 3.8) is 0 Å². The molecular weight excluding hydrogens is 405 g/mol. The minimum Gasteiger partial charge on any atom is -0.379 e. The first kappa shape index (κ1) is 22.6. The van der Waals surface area contributed by atoms with Crippen LogP contribution in [-0.2, 0) is 12.0 Å². The zero-order valence-electron chi connectivity index (χ0n) is 17.5. The van der Waals surface area contributed by atoms with Gasteiger partial charge in [0.05, 0.1) is 23.7 Å². The number of aliphatic hydroxyl groups is 1. The van der Waals surface area contributed by atoms with Crippen molar-refractivity contribution in [2.24, 2.45) is 0 Å². The van der Waals surface area contributed by atoms with Gasteiger partial charge in [0.15, 0.2) is 11.0 Å². The van der Waals surface area contributed by atoms with Crippen LogP contribution >= 0.6 is 0 Å². The molecule has 3 rings (SSSR count). The van der Waals surface area contributed by atoms with Crippen molar-refractivity contribution in [1.29, 1.82) is 5.26 Å². The summed E-state index contributed by atoms with van der Waals surface area (Å²) in [6.07, 6.45) is -4.15. The Labute approximate surface area is 178 Å². The van der Waals surface area contributed by atoms with Crippen LogP contribution in [0.3, 0.4) is 0 Å². The van der Waals surface area contributed by atoms with Gasteiger partial charge in [0, 0.05) is 17.1 Å². The van der Waals surface area contributed by atoms with Gasteiger partial charge in [-0.25, -0.2) is 0 Å². The third-order valence-corrected chi connectivity index (χ3v) is 5.66. The molecule has 0 saturated heterocycles. The van der Waals surface area contributed by atoms with Crippen molar-refractivity contribution in [2.75, 3.05) is 0 Å². The molecule has 1 heterocycles. The van der Waals surface area contributed by atoms with Crippen LogP contribution < -0.4 is 5.43 Å². The summed E-state index contributed by atoms with van der Waals surface area (Å²) in [7, 11) is 0. The van der Waals surface area contributed by atoms with E-state index in [9.17, 15) is 23.1 Å². The SMILES string of the molecule is Cc1cn(CC(O)(CC(C)(C)c2ccc(C#N)cc2)C(F)(F)F)c2ccccc2c1=O. The fraction of sp³-hybridized carbons (Fsp3) is 0.333.